The van der Waals surface area contributed by atoms with Crippen LogP contribution in [0, 0.1) is 0 Å². The van der Waals surface area contributed by atoms with Crippen LogP contribution in [-0.4, -0.2) is 64.6 Å². The van der Waals surface area contributed by atoms with Crippen LogP contribution in [0.15, 0.2) is 0 Å². The average molecular weight is 462 g/mol. The molecule has 0 aliphatic rings. The van der Waals surface area contributed by atoms with Crippen molar-refractivity contribution in [3.63, 3.8) is 0 Å². The van der Waals surface area contributed by atoms with Gasteiger partial charge in [0.05, 0.1) is 13.2 Å². The van der Waals surface area contributed by atoms with Gasteiger partial charge in [0, 0.05) is 13.1 Å². The normalized spacial score (nSPS) is 11.5. The molecule has 0 unspecified atom stereocenters. The first-order valence-corrected chi connectivity index (χ1v) is 10.3. The molecule has 2 amide bonds. The van der Waals surface area contributed by atoms with E-state index >= 15 is 0 Å². The third-order valence-corrected chi connectivity index (χ3v) is 3.18. The molecule has 2 N–H and O–H groups in total. The standard InChI is InChI=1S/C19H32ClN5O6/c1-18(2,3)30-16(26)21-9-7-11-28-14-23-13(20)24-15(25-14)29-12-8-10-22-17(27)31-19(4,5)6/h7-12H2,1-6H3,(H,21,26)(H,22,27). The first-order chi connectivity index (χ1) is 14.3. The highest BCUT2D eigenvalue weighted by atomic mass is 35.5. The summed E-state index contributed by atoms with van der Waals surface area (Å²) in [6, 6.07) is 0.0262. The number of carbonyl (C=O) groups is 2. The Morgan fingerprint density at radius 2 is 1.16 bits per heavy atom. The highest BCUT2D eigenvalue weighted by Gasteiger charge is 2.16. The number of hydrogen-bond donors (Lipinski definition) is 2. The van der Waals surface area contributed by atoms with Crippen LogP contribution >= 0.6 is 11.6 Å². The van der Waals surface area contributed by atoms with Gasteiger partial charge in [-0.3, -0.25) is 0 Å². The molecular weight excluding hydrogens is 430 g/mol. The number of halogens is 1. The lowest BCUT2D eigenvalue weighted by atomic mass is 10.2. The van der Waals surface area contributed by atoms with Crippen LogP contribution in [0.4, 0.5) is 9.59 Å². The molecule has 0 aromatic carbocycles. The Hall–Kier alpha value is -2.56. The summed E-state index contributed by atoms with van der Waals surface area (Å²) in [5.74, 6) is 0. The summed E-state index contributed by atoms with van der Waals surface area (Å²) < 4.78 is 21.1. The van der Waals surface area contributed by atoms with E-state index in [0.29, 0.717) is 25.9 Å². The summed E-state index contributed by atoms with van der Waals surface area (Å²) in [6.45, 7) is 12.0. The molecule has 31 heavy (non-hydrogen) atoms. The number of rotatable bonds is 10. The molecule has 0 fully saturated rings. The van der Waals surface area contributed by atoms with Crippen LogP contribution in [0.25, 0.3) is 0 Å². The Bertz CT molecular complexity index is 664. The van der Waals surface area contributed by atoms with Gasteiger partial charge in [-0.15, -0.1) is 4.98 Å². The van der Waals surface area contributed by atoms with E-state index in [1.54, 1.807) is 41.5 Å². The van der Waals surface area contributed by atoms with Gasteiger partial charge in [0.1, 0.15) is 11.2 Å². The molecule has 1 aromatic heterocycles. The van der Waals surface area contributed by atoms with Gasteiger partial charge in [-0.1, -0.05) is 0 Å². The fourth-order valence-electron chi connectivity index (χ4n) is 1.92. The van der Waals surface area contributed by atoms with Crippen molar-refractivity contribution < 1.29 is 28.5 Å². The Kier molecular flexibility index (Phi) is 10.5. The van der Waals surface area contributed by atoms with Gasteiger partial charge in [-0.25, -0.2) is 9.59 Å². The zero-order chi connectivity index (χ0) is 23.5. The van der Waals surface area contributed by atoms with E-state index in [1.807, 2.05) is 0 Å². The second kappa shape index (κ2) is 12.3. The second-order valence-corrected chi connectivity index (χ2v) is 8.77. The zero-order valence-corrected chi connectivity index (χ0v) is 19.7. The van der Waals surface area contributed by atoms with E-state index < -0.39 is 23.4 Å². The zero-order valence-electron chi connectivity index (χ0n) is 18.9. The van der Waals surface area contributed by atoms with Gasteiger partial charge in [0.15, 0.2) is 0 Å². The van der Waals surface area contributed by atoms with Crippen LogP contribution < -0.4 is 20.1 Å². The number of nitrogens with zero attached hydrogens (tertiary/aromatic N) is 3. The van der Waals surface area contributed by atoms with Crippen molar-refractivity contribution in [3.8, 4) is 12.0 Å². The van der Waals surface area contributed by atoms with Gasteiger partial charge < -0.3 is 29.6 Å². The van der Waals surface area contributed by atoms with E-state index in [1.165, 1.54) is 0 Å². The SMILES string of the molecule is CC(C)(C)OC(=O)NCCCOc1nc(Cl)nc(OCCCNC(=O)OC(C)(C)C)n1. The average Bonchev–Trinajstić information content (AvgIpc) is 2.57. The van der Waals surface area contributed by atoms with Crippen molar-refractivity contribution in [1.82, 2.24) is 25.6 Å². The molecule has 0 saturated heterocycles. The van der Waals surface area contributed by atoms with Gasteiger partial charge in [0.2, 0.25) is 5.28 Å². The quantitative estimate of drug-likeness (QED) is 0.504. The molecule has 0 saturated carbocycles. The van der Waals surface area contributed by atoms with Crippen LogP contribution in [0.1, 0.15) is 54.4 Å². The minimum atomic E-state index is -0.551. The fraction of sp³-hybridized carbons (Fsp3) is 0.737. The lowest BCUT2D eigenvalue weighted by molar-refractivity contribution is 0.0513. The Labute approximate surface area is 187 Å². The van der Waals surface area contributed by atoms with Gasteiger partial charge in [-0.05, 0) is 66.0 Å². The maximum Gasteiger partial charge on any atom is 0.407 e. The summed E-state index contributed by atoms with van der Waals surface area (Å²) in [5.41, 5.74) is -1.10. The van der Waals surface area contributed by atoms with Crippen molar-refractivity contribution in [2.24, 2.45) is 0 Å². The molecule has 0 bridgehead atoms. The first kappa shape index (κ1) is 26.5. The molecule has 11 nitrogen and oxygen atoms in total. The number of carbonyl (C=O) groups excluding carboxylic acids is 2. The molecular formula is C19H32ClN5O6. The third-order valence-electron chi connectivity index (χ3n) is 3.01. The Morgan fingerprint density at radius 3 is 1.52 bits per heavy atom. The fourth-order valence-corrected chi connectivity index (χ4v) is 2.07. The number of amides is 2. The molecule has 12 heteroatoms. The van der Waals surface area contributed by atoms with E-state index in [4.69, 9.17) is 30.5 Å². The Morgan fingerprint density at radius 1 is 0.774 bits per heavy atom. The van der Waals surface area contributed by atoms with Crippen LogP contribution in [0.3, 0.4) is 0 Å². The first-order valence-electron chi connectivity index (χ1n) is 9.95. The van der Waals surface area contributed by atoms with E-state index in [2.05, 4.69) is 25.6 Å². The number of hydrogen-bond acceptors (Lipinski definition) is 9. The summed E-state index contributed by atoms with van der Waals surface area (Å²) in [4.78, 5) is 34.9. The van der Waals surface area contributed by atoms with Gasteiger partial charge in [-0.2, -0.15) is 9.97 Å². The van der Waals surface area contributed by atoms with Gasteiger partial charge >= 0.3 is 24.2 Å². The maximum atomic E-state index is 11.6. The minimum Gasteiger partial charge on any atom is -0.463 e. The summed E-state index contributed by atoms with van der Waals surface area (Å²) in [6.07, 6.45) is 0.0320. The third kappa shape index (κ3) is 14.1. The second-order valence-electron chi connectivity index (χ2n) is 8.43. The molecule has 1 rings (SSSR count). The van der Waals surface area contributed by atoms with Crippen molar-refractivity contribution in [2.45, 2.75) is 65.6 Å². The molecule has 1 heterocycles. The molecule has 0 radical (unpaired) electrons. The molecule has 1 aromatic rings. The monoisotopic (exact) mass is 461 g/mol. The molecule has 0 aliphatic carbocycles. The molecule has 176 valence electrons. The van der Waals surface area contributed by atoms with E-state index in [9.17, 15) is 9.59 Å². The number of alkyl carbamates (subject to hydrolysis) is 2. The van der Waals surface area contributed by atoms with E-state index in [0.717, 1.165) is 0 Å². The van der Waals surface area contributed by atoms with Gasteiger partial charge in [0.25, 0.3) is 0 Å². The number of nitrogens with one attached hydrogen (secondary N) is 2. The lowest BCUT2D eigenvalue weighted by Crippen LogP contribution is -2.33. The predicted octanol–water partition coefficient (Wildman–Crippen LogP) is 3.11. The molecule has 0 spiro atoms. The summed E-state index contributed by atoms with van der Waals surface area (Å²) in [7, 11) is 0. The maximum absolute atomic E-state index is 11.6. The highest BCUT2D eigenvalue weighted by molar-refractivity contribution is 6.28. The van der Waals surface area contributed by atoms with Crippen molar-refractivity contribution in [2.75, 3.05) is 26.3 Å². The number of ether oxygens (including phenoxy) is 4. The summed E-state index contributed by atoms with van der Waals surface area (Å²) >= 11 is 5.87. The Balaban J connectivity index is 2.28. The smallest absolute Gasteiger partial charge is 0.407 e. The highest BCUT2D eigenvalue weighted by Crippen LogP contribution is 2.13. The summed E-state index contributed by atoms with van der Waals surface area (Å²) in [5, 5.41) is 5.18. The molecule has 0 atom stereocenters. The minimum absolute atomic E-state index is 0.0131. The van der Waals surface area contributed by atoms with Crippen LogP contribution in [0.5, 0.6) is 12.0 Å². The number of aromatic nitrogens is 3. The lowest BCUT2D eigenvalue weighted by Gasteiger charge is -2.19. The predicted molar refractivity (Wildman–Crippen MR) is 114 cm³/mol. The van der Waals surface area contributed by atoms with Crippen molar-refractivity contribution >= 4 is 23.8 Å². The largest absolute Gasteiger partial charge is 0.463 e. The van der Waals surface area contributed by atoms with Crippen LogP contribution in [0.2, 0.25) is 5.28 Å². The van der Waals surface area contributed by atoms with Crippen molar-refractivity contribution in [1.29, 1.82) is 0 Å². The van der Waals surface area contributed by atoms with E-state index in [-0.39, 0.29) is 30.5 Å². The van der Waals surface area contributed by atoms with Crippen LogP contribution in [-0.2, 0) is 9.47 Å². The topological polar surface area (TPSA) is 134 Å². The van der Waals surface area contributed by atoms with Crippen molar-refractivity contribution in [3.05, 3.63) is 5.28 Å². The molecule has 0 aliphatic heterocycles.